The van der Waals surface area contributed by atoms with Crippen LogP contribution in [-0.2, 0) is 6.54 Å². The molecule has 1 aromatic rings. The molecule has 1 aliphatic rings. The first-order chi connectivity index (χ1) is 8.16. The Balaban J connectivity index is 1.97. The molecule has 0 radical (unpaired) electrons. The van der Waals surface area contributed by atoms with Gasteiger partial charge in [0, 0.05) is 25.0 Å². The maximum absolute atomic E-state index is 9.68. The molecular formula is C14H22N2O. The lowest BCUT2D eigenvalue weighted by atomic mass is 9.93. The average molecular weight is 234 g/mol. The second kappa shape index (κ2) is 5.61. The minimum atomic E-state index is -0.187. The minimum Gasteiger partial charge on any atom is -0.393 e. The summed E-state index contributed by atoms with van der Waals surface area (Å²) in [5.74, 6) is 0.431. The second-order valence-corrected chi connectivity index (χ2v) is 5.13. The predicted molar refractivity (Wildman–Crippen MR) is 68.7 cm³/mol. The lowest BCUT2D eigenvalue weighted by Crippen LogP contribution is -2.39. The summed E-state index contributed by atoms with van der Waals surface area (Å²) in [6, 6.07) is 4.15. The van der Waals surface area contributed by atoms with Crippen molar-refractivity contribution in [2.75, 3.05) is 13.1 Å². The summed E-state index contributed by atoms with van der Waals surface area (Å²) in [6.45, 7) is 7.07. The first-order valence-electron chi connectivity index (χ1n) is 6.47. The molecule has 1 N–H and O–H groups in total. The van der Waals surface area contributed by atoms with Crippen LogP contribution in [-0.4, -0.2) is 34.2 Å². The van der Waals surface area contributed by atoms with E-state index in [1.54, 1.807) is 0 Å². The monoisotopic (exact) mass is 234 g/mol. The molecule has 17 heavy (non-hydrogen) atoms. The number of nitrogens with zero attached hydrogens (tertiary/aromatic N) is 2. The van der Waals surface area contributed by atoms with Gasteiger partial charge in [0.2, 0.25) is 0 Å². The highest BCUT2D eigenvalue weighted by molar-refractivity contribution is 5.18. The number of aliphatic hydroxyl groups excluding tert-OH is 1. The topological polar surface area (TPSA) is 36.4 Å². The minimum absolute atomic E-state index is 0.187. The van der Waals surface area contributed by atoms with Crippen LogP contribution in [0.1, 0.15) is 31.0 Å². The van der Waals surface area contributed by atoms with E-state index in [2.05, 4.69) is 22.9 Å². The molecule has 1 fully saturated rings. The number of aryl methyl sites for hydroxylation is 1. The fourth-order valence-corrected chi connectivity index (χ4v) is 2.55. The molecule has 2 rings (SSSR count). The van der Waals surface area contributed by atoms with Gasteiger partial charge < -0.3 is 5.11 Å². The van der Waals surface area contributed by atoms with Gasteiger partial charge in [0.1, 0.15) is 0 Å². The Kier molecular flexibility index (Phi) is 4.13. The summed E-state index contributed by atoms with van der Waals surface area (Å²) < 4.78 is 0. The fraction of sp³-hybridized carbons (Fsp3) is 0.643. The second-order valence-electron chi connectivity index (χ2n) is 5.13. The van der Waals surface area contributed by atoms with Crippen LogP contribution in [0.5, 0.6) is 0 Å². The molecule has 0 amide bonds. The molecule has 2 atom stereocenters. The zero-order chi connectivity index (χ0) is 12.3. The maximum atomic E-state index is 9.68. The Labute approximate surface area is 103 Å². The number of aromatic nitrogens is 1. The van der Waals surface area contributed by atoms with Crippen molar-refractivity contribution in [3.63, 3.8) is 0 Å². The number of aliphatic hydroxyl groups is 1. The molecule has 0 aromatic carbocycles. The van der Waals surface area contributed by atoms with Crippen molar-refractivity contribution in [3.05, 3.63) is 29.6 Å². The third kappa shape index (κ3) is 3.27. The predicted octanol–water partition coefficient (Wildman–Crippen LogP) is 1.98. The van der Waals surface area contributed by atoms with Crippen LogP contribution >= 0.6 is 0 Å². The van der Waals surface area contributed by atoms with Gasteiger partial charge in [-0.2, -0.15) is 0 Å². The highest BCUT2D eigenvalue weighted by Gasteiger charge is 2.23. The van der Waals surface area contributed by atoms with Crippen LogP contribution in [0.2, 0.25) is 0 Å². The molecule has 1 aromatic heterocycles. The van der Waals surface area contributed by atoms with Crippen molar-refractivity contribution in [2.24, 2.45) is 5.92 Å². The summed E-state index contributed by atoms with van der Waals surface area (Å²) in [6.07, 6.45) is 4.00. The highest BCUT2D eigenvalue weighted by Crippen LogP contribution is 2.21. The molecule has 0 bridgehead atoms. The molecule has 1 saturated heterocycles. The Morgan fingerprint density at radius 1 is 1.59 bits per heavy atom. The number of likely N-dealkylation sites (tertiary alicyclic amines) is 1. The smallest absolute Gasteiger partial charge is 0.0552 e. The van der Waals surface area contributed by atoms with E-state index in [4.69, 9.17) is 0 Å². The molecule has 3 nitrogen and oxygen atoms in total. The number of pyridine rings is 1. The van der Waals surface area contributed by atoms with Gasteiger partial charge in [-0.1, -0.05) is 6.07 Å². The molecule has 2 heterocycles. The van der Waals surface area contributed by atoms with Gasteiger partial charge in [0.05, 0.1) is 6.10 Å². The van der Waals surface area contributed by atoms with Crippen molar-refractivity contribution < 1.29 is 5.11 Å². The van der Waals surface area contributed by atoms with Crippen LogP contribution in [0.3, 0.4) is 0 Å². The molecule has 0 unspecified atom stereocenters. The van der Waals surface area contributed by atoms with Gasteiger partial charge >= 0.3 is 0 Å². The van der Waals surface area contributed by atoms with E-state index >= 15 is 0 Å². The van der Waals surface area contributed by atoms with Gasteiger partial charge in [0.25, 0.3) is 0 Å². The van der Waals surface area contributed by atoms with Crippen LogP contribution in [0, 0.1) is 12.8 Å². The summed E-state index contributed by atoms with van der Waals surface area (Å²) >= 11 is 0. The number of hydrogen-bond donors (Lipinski definition) is 1. The number of piperidine rings is 1. The summed E-state index contributed by atoms with van der Waals surface area (Å²) in [5.41, 5.74) is 2.42. The quantitative estimate of drug-likeness (QED) is 0.869. The SMILES string of the molecule is Cc1ncccc1CN1CCC[C@H]([C@@H](C)O)C1. The van der Waals surface area contributed by atoms with E-state index in [0.717, 1.165) is 31.7 Å². The Morgan fingerprint density at radius 3 is 3.12 bits per heavy atom. The fourth-order valence-electron chi connectivity index (χ4n) is 2.55. The van der Waals surface area contributed by atoms with Crippen LogP contribution in [0.4, 0.5) is 0 Å². The molecular weight excluding hydrogens is 212 g/mol. The molecule has 0 saturated carbocycles. The van der Waals surface area contributed by atoms with Crippen LogP contribution in [0.15, 0.2) is 18.3 Å². The van der Waals surface area contributed by atoms with E-state index in [0.29, 0.717) is 5.92 Å². The van der Waals surface area contributed by atoms with Crippen molar-refractivity contribution in [2.45, 2.75) is 39.3 Å². The average Bonchev–Trinajstić information content (AvgIpc) is 2.32. The standard InChI is InChI=1S/C14H22N2O/c1-11-13(5-3-7-15-11)9-16-8-4-6-14(10-16)12(2)17/h3,5,7,12,14,17H,4,6,8-10H2,1-2H3/t12-,14+/m1/s1. The normalized spacial score (nSPS) is 23.6. The molecule has 94 valence electrons. The third-order valence-electron chi connectivity index (χ3n) is 3.73. The first-order valence-corrected chi connectivity index (χ1v) is 6.47. The third-order valence-corrected chi connectivity index (χ3v) is 3.73. The van der Waals surface area contributed by atoms with Gasteiger partial charge in [-0.15, -0.1) is 0 Å². The van der Waals surface area contributed by atoms with Crippen molar-refractivity contribution in [3.8, 4) is 0 Å². The summed E-state index contributed by atoms with van der Waals surface area (Å²) in [7, 11) is 0. The van der Waals surface area contributed by atoms with Crippen LogP contribution < -0.4 is 0 Å². The van der Waals surface area contributed by atoms with Crippen molar-refractivity contribution in [1.29, 1.82) is 0 Å². The molecule has 3 heteroatoms. The van der Waals surface area contributed by atoms with Gasteiger partial charge in [0.15, 0.2) is 0 Å². The van der Waals surface area contributed by atoms with Crippen LogP contribution in [0.25, 0.3) is 0 Å². The Morgan fingerprint density at radius 2 is 2.41 bits per heavy atom. The Hall–Kier alpha value is -0.930. The van der Waals surface area contributed by atoms with Crippen molar-refractivity contribution in [1.82, 2.24) is 9.88 Å². The van der Waals surface area contributed by atoms with Gasteiger partial charge in [-0.05, 0) is 50.8 Å². The zero-order valence-electron chi connectivity index (χ0n) is 10.8. The van der Waals surface area contributed by atoms with Crippen molar-refractivity contribution >= 4 is 0 Å². The maximum Gasteiger partial charge on any atom is 0.0552 e. The largest absolute Gasteiger partial charge is 0.393 e. The molecule has 0 spiro atoms. The van der Waals surface area contributed by atoms with E-state index in [-0.39, 0.29) is 6.10 Å². The molecule has 1 aliphatic heterocycles. The van der Waals surface area contributed by atoms with Gasteiger partial charge in [-0.3, -0.25) is 9.88 Å². The van der Waals surface area contributed by atoms with Gasteiger partial charge in [-0.25, -0.2) is 0 Å². The number of hydrogen-bond acceptors (Lipinski definition) is 3. The van der Waals surface area contributed by atoms with E-state index < -0.39 is 0 Å². The lowest BCUT2D eigenvalue weighted by molar-refractivity contribution is 0.0598. The first kappa shape index (κ1) is 12.5. The Bertz CT molecular complexity index is 365. The zero-order valence-corrected chi connectivity index (χ0v) is 10.8. The van der Waals surface area contributed by atoms with E-state index in [1.807, 2.05) is 19.2 Å². The molecule has 0 aliphatic carbocycles. The number of rotatable bonds is 3. The summed E-state index contributed by atoms with van der Waals surface area (Å²) in [4.78, 5) is 6.76. The highest BCUT2D eigenvalue weighted by atomic mass is 16.3. The lowest BCUT2D eigenvalue weighted by Gasteiger charge is -2.34. The summed E-state index contributed by atoms with van der Waals surface area (Å²) in [5, 5.41) is 9.68. The van der Waals surface area contributed by atoms with E-state index in [9.17, 15) is 5.11 Å². The van der Waals surface area contributed by atoms with E-state index in [1.165, 1.54) is 12.0 Å².